The van der Waals surface area contributed by atoms with Crippen molar-refractivity contribution in [1.82, 2.24) is 20.0 Å². The number of hydrogen-bond acceptors (Lipinski definition) is 3. The van der Waals surface area contributed by atoms with E-state index in [9.17, 15) is 4.79 Å². The Hall–Kier alpha value is -2.14. The zero-order valence-electron chi connectivity index (χ0n) is 16.2. The summed E-state index contributed by atoms with van der Waals surface area (Å²) in [6.07, 6.45) is 4.74. The van der Waals surface area contributed by atoms with Crippen molar-refractivity contribution in [3.05, 3.63) is 53.3 Å². The minimum absolute atomic E-state index is 0.167. The minimum Gasteiger partial charge on any atom is -0.353 e. The van der Waals surface area contributed by atoms with Crippen LogP contribution in [0.4, 0.5) is 0 Å². The summed E-state index contributed by atoms with van der Waals surface area (Å²) < 4.78 is 2.13. The monoisotopic (exact) mass is 366 g/mol. The second-order valence-corrected chi connectivity index (χ2v) is 8.07. The topological polar surface area (TPSA) is 50.2 Å². The molecule has 0 spiro atoms. The third kappa shape index (κ3) is 4.98. The van der Waals surface area contributed by atoms with Crippen LogP contribution in [0.5, 0.6) is 0 Å². The van der Waals surface area contributed by atoms with Crippen molar-refractivity contribution in [3.8, 4) is 0 Å². The van der Waals surface area contributed by atoms with E-state index < -0.39 is 0 Å². The van der Waals surface area contributed by atoms with E-state index in [1.807, 2.05) is 0 Å². The molecule has 2 aliphatic rings. The molecule has 1 aromatic heterocycles. The average molecular weight is 367 g/mol. The number of hydrogen-bond donors (Lipinski definition) is 1. The molecule has 1 aliphatic heterocycles. The standard InChI is InChI=1S/C22H30N4O/c1-17(18-5-3-2-4-6-18)11-12-25-13-14-26-21(16-25)15-20(24-26)9-10-22(27)23-19-7-8-19/h2-6,15,17,19H,7-14,16H2,1H3,(H,23,27). The van der Waals surface area contributed by atoms with Gasteiger partial charge in [0.2, 0.25) is 5.91 Å². The number of rotatable bonds is 8. The van der Waals surface area contributed by atoms with Crippen LogP contribution in [0.2, 0.25) is 0 Å². The van der Waals surface area contributed by atoms with Gasteiger partial charge in [-0.15, -0.1) is 0 Å². The highest BCUT2D eigenvalue weighted by Crippen LogP contribution is 2.21. The smallest absolute Gasteiger partial charge is 0.220 e. The highest BCUT2D eigenvalue weighted by molar-refractivity contribution is 5.76. The summed E-state index contributed by atoms with van der Waals surface area (Å²) in [4.78, 5) is 14.4. The Morgan fingerprint density at radius 1 is 1.26 bits per heavy atom. The Labute approximate surface area is 161 Å². The number of nitrogens with zero attached hydrogens (tertiary/aromatic N) is 3. The Morgan fingerprint density at radius 3 is 2.85 bits per heavy atom. The summed E-state index contributed by atoms with van der Waals surface area (Å²) in [6.45, 7) is 6.39. The van der Waals surface area contributed by atoms with Crippen LogP contribution in [0.1, 0.15) is 55.5 Å². The van der Waals surface area contributed by atoms with Crippen molar-refractivity contribution in [2.75, 3.05) is 13.1 Å². The van der Waals surface area contributed by atoms with E-state index in [1.54, 1.807) is 0 Å². The molecule has 1 unspecified atom stereocenters. The first-order chi connectivity index (χ1) is 13.2. The largest absolute Gasteiger partial charge is 0.353 e. The number of amides is 1. The summed E-state index contributed by atoms with van der Waals surface area (Å²) in [7, 11) is 0. The fourth-order valence-corrected chi connectivity index (χ4v) is 3.79. The molecule has 1 aliphatic carbocycles. The molecule has 0 bridgehead atoms. The molecule has 1 N–H and O–H groups in total. The maximum absolute atomic E-state index is 11.9. The number of carbonyl (C=O) groups excluding carboxylic acids is 1. The molecule has 1 saturated carbocycles. The van der Waals surface area contributed by atoms with Crippen LogP contribution < -0.4 is 5.32 Å². The first-order valence-corrected chi connectivity index (χ1v) is 10.3. The molecule has 1 amide bonds. The van der Waals surface area contributed by atoms with E-state index in [2.05, 4.69) is 58.2 Å². The normalized spacial score (nSPS) is 18.1. The lowest BCUT2D eigenvalue weighted by atomic mass is 9.97. The van der Waals surface area contributed by atoms with E-state index >= 15 is 0 Å². The van der Waals surface area contributed by atoms with Gasteiger partial charge in [-0.2, -0.15) is 5.10 Å². The SMILES string of the molecule is CC(CCN1CCn2nc(CCC(=O)NC3CC3)cc2C1)c1ccccc1. The van der Waals surface area contributed by atoms with Crippen LogP contribution >= 0.6 is 0 Å². The molecule has 2 heterocycles. The number of benzene rings is 1. The van der Waals surface area contributed by atoms with Crippen LogP contribution in [0.25, 0.3) is 0 Å². The van der Waals surface area contributed by atoms with Crippen LogP contribution in [0.3, 0.4) is 0 Å². The lowest BCUT2D eigenvalue weighted by Crippen LogP contribution is -2.34. The third-order valence-corrected chi connectivity index (χ3v) is 5.73. The highest BCUT2D eigenvalue weighted by Gasteiger charge is 2.23. The van der Waals surface area contributed by atoms with Gasteiger partial charge in [0.25, 0.3) is 0 Å². The first kappa shape index (κ1) is 18.2. The van der Waals surface area contributed by atoms with Gasteiger partial charge in [0, 0.05) is 32.0 Å². The molecule has 2 aromatic rings. The van der Waals surface area contributed by atoms with Crippen molar-refractivity contribution in [3.63, 3.8) is 0 Å². The van der Waals surface area contributed by atoms with Crippen molar-refractivity contribution in [2.24, 2.45) is 0 Å². The maximum atomic E-state index is 11.9. The molecule has 27 heavy (non-hydrogen) atoms. The fourth-order valence-electron chi connectivity index (χ4n) is 3.79. The summed E-state index contributed by atoms with van der Waals surface area (Å²) in [5.74, 6) is 0.749. The predicted octanol–water partition coefficient (Wildman–Crippen LogP) is 3.10. The molecule has 1 atom stereocenters. The van der Waals surface area contributed by atoms with Gasteiger partial charge in [-0.1, -0.05) is 37.3 Å². The van der Waals surface area contributed by atoms with Gasteiger partial charge < -0.3 is 5.32 Å². The van der Waals surface area contributed by atoms with E-state index in [0.29, 0.717) is 18.4 Å². The molecule has 0 radical (unpaired) electrons. The first-order valence-electron chi connectivity index (χ1n) is 10.3. The summed E-state index contributed by atoms with van der Waals surface area (Å²) in [5, 5.41) is 7.76. The van der Waals surface area contributed by atoms with Crippen LogP contribution in [-0.2, 0) is 24.3 Å². The molecule has 144 valence electrons. The molecule has 5 nitrogen and oxygen atoms in total. The summed E-state index contributed by atoms with van der Waals surface area (Å²) >= 11 is 0. The maximum Gasteiger partial charge on any atom is 0.220 e. The van der Waals surface area contributed by atoms with Crippen LogP contribution in [0, 0.1) is 0 Å². The van der Waals surface area contributed by atoms with Gasteiger partial charge in [-0.3, -0.25) is 14.4 Å². The Morgan fingerprint density at radius 2 is 2.07 bits per heavy atom. The highest BCUT2D eigenvalue weighted by atomic mass is 16.1. The molecular formula is C22H30N4O. The van der Waals surface area contributed by atoms with Crippen molar-refractivity contribution in [2.45, 2.75) is 64.1 Å². The number of fused-ring (bicyclic) bond motifs is 1. The fraction of sp³-hybridized carbons (Fsp3) is 0.545. The minimum atomic E-state index is 0.167. The number of aryl methyl sites for hydroxylation is 1. The lowest BCUT2D eigenvalue weighted by Gasteiger charge is -2.28. The van der Waals surface area contributed by atoms with Crippen molar-refractivity contribution >= 4 is 5.91 Å². The van der Waals surface area contributed by atoms with Gasteiger partial charge in [0.1, 0.15) is 0 Å². The summed E-state index contributed by atoms with van der Waals surface area (Å²) in [5.41, 5.74) is 3.76. The van der Waals surface area contributed by atoms with E-state index in [0.717, 1.165) is 51.1 Å². The van der Waals surface area contributed by atoms with Gasteiger partial charge in [0.15, 0.2) is 0 Å². The van der Waals surface area contributed by atoms with Crippen LogP contribution in [-0.4, -0.2) is 39.7 Å². The lowest BCUT2D eigenvalue weighted by molar-refractivity contribution is -0.121. The zero-order chi connectivity index (χ0) is 18.6. The number of carbonyl (C=O) groups is 1. The van der Waals surface area contributed by atoms with Crippen LogP contribution in [0.15, 0.2) is 36.4 Å². The molecule has 4 rings (SSSR count). The zero-order valence-corrected chi connectivity index (χ0v) is 16.2. The van der Waals surface area contributed by atoms with Crippen molar-refractivity contribution < 1.29 is 4.79 Å². The Kier molecular flexibility index (Phi) is 5.58. The third-order valence-electron chi connectivity index (χ3n) is 5.73. The van der Waals surface area contributed by atoms with Gasteiger partial charge in [0.05, 0.1) is 17.9 Å². The Bertz CT molecular complexity index is 766. The quantitative estimate of drug-likeness (QED) is 0.781. The summed E-state index contributed by atoms with van der Waals surface area (Å²) in [6, 6.07) is 13.4. The second kappa shape index (κ2) is 8.26. The Balaban J connectivity index is 1.25. The molecule has 5 heteroatoms. The number of nitrogens with one attached hydrogen (secondary N) is 1. The van der Waals surface area contributed by atoms with Gasteiger partial charge in [-0.05, 0) is 43.4 Å². The molecule has 0 saturated heterocycles. The second-order valence-electron chi connectivity index (χ2n) is 8.07. The van der Waals surface area contributed by atoms with E-state index in [4.69, 9.17) is 5.10 Å². The average Bonchev–Trinajstić information content (AvgIpc) is 3.40. The predicted molar refractivity (Wildman–Crippen MR) is 106 cm³/mol. The molecular weight excluding hydrogens is 336 g/mol. The van der Waals surface area contributed by atoms with Gasteiger partial charge in [-0.25, -0.2) is 0 Å². The molecule has 1 fully saturated rings. The van der Waals surface area contributed by atoms with Gasteiger partial charge >= 0.3 is 0 Å². The molecule has 1 aromatic carbocycles. The number of aromatic nitrogens is 2. The van der Waals surface area contributed by atoms with E-state index in [1.165, 1.54) is 17.7 Å². The van der Waals surface area contributed by atoms with Crippen molar-refractivity contribution in [1.29, 1.82) is 0 Å². The van der Waals surface area contributed by atoms with E-state index in [-0.39, 0.29) is 5.91 Å².